The monoisotopic (exact) mass is 460 g/mol. The Kier molecular flexibility index (Phi) is 18.6. The molecule has 174 valence electrons. The van der Waals surface area contributed by atoms with Crippen LogP contribution in [0.25, 0.3) is 0 Å². The van der Waals surface area contributed by atoms with Crippen LogP contribution >= 0.6 is 0 Å². The molecule has 0 spiro atoms. The number of unbranched alkanes of at least 4 members (excludes halogenated alkanes) is 15. The molecule has 3 nitrogen and oxygen atoms in total. The minimum Gasteiger partial charge on any atom is -0.744 e. The summed E-state index contributed by atoms with van der Waals surface area (Å²) >= 11 is 0. The van der Waals surface area contributed by atoms with Crippen molar-refractivity contribution in [3.8, 4) is 0 Å². The molecular formula is C26H45NaO3S. The van der Waals surface area contributed by atoms with Crippen LogP contribution in [0.2, 0.25) is 0 Å². The van der Waals surface area contributed by atoms with Crippen LogP contribution < -0.4 is 29.6 Å². The van der Waals surface area contributed by atoms with Gasteiger partial charge in [-0.15, -0.1) is 0 Å². The summed E-state index contributed by atoms with van der Waals surface area (Å²) in [5.74, 6) is 0. The molecule has 0 aliphatic rings. The molecule has 0 bridgehead atoms. The zero-order chi connectivity index (χ0) is 22.2. The zero-order valence-corrected chi connectivity index (χ0v) is 23.6. The zero-order valence-electron chi connectivity index (χ0n) is 20.8. The summed E-state index contributed by atoms with van der Waals surface area (Å²) < 4.78 is 33.8. The molecule has 1 aromatic carbocycles. The van der Waals surface area contributed by atoms with Crippen molar-refractivity contribution in [1.82, 2.24) is 0 Å². The van der Waals surface area contributed by atoms with Gasteiger partial charge in [0.05, 0.1) is 4.90 Å². The van der Waals surface area contributed by atoms with E-state index in [1.807, 2.05) is 13.0 Å². The van der Waals surface area contributed by atoms with Crippen molar-refractivity contribution < 1.29 is 42.5 Å². The van der Waals surface area contributed by atoms with E-state index in [1.165, 1.54) is 108 Å². The van der Waals surface area contributed by atoms with Crippen LogP contribution in [0.3, 0.4) is 0 Å². The summed E-state index contributed by atoms with van der Waals surface area (Å²) in [4.78, 5) is -0.0734. The van der Waals surface area contributed by atoms with Gasteiger partial charge in [-0.2, -0.15) is 0 Å². The number of rotatable bonds is 18. The van der Waals surface area contributed by atoms with Crippen LogP contribution in [-0.4, -0.2) is 13.0 Å². The largest absolute Gasteiger partial charge is 1.00 e. The SMILES string of the molecule is CCCCCCCCCCCCCCCCCCc1ccc(S(=O)(=O)[O-])c(C)c1C.[Na+]. The normalized spacial score (nSPS) is 11.5. The third kappa shape index (κ3) is 14.1. The van der Waals surface area contributed by atoms with Gasteiger partial charge in [0.1, 0.15) is 10.1 Å². The van der Waals surface area contributed by atoms with Gasteiger partial charge in [-0.25, -0.2) is 8.42 Å². The van der Waals surface area contributed by atoms with Gasteiger partial charge in [0.15, 0.2) is 0 Å². The van der Waals surface area contributed by atoms with Crippen molar-refractivity contribution in [2.24, 2.45) is 0 Å². The van der Waals surface area contributed by atoms with Crippen molar-refractivity contribution in [1.29, 1.82) is 0 Å². The van der Waals surface area contributed by atoms with Gasteiger partial charge in [-0.1, -0.05) is 109 Å². The predicted octanol–water partition coefficient (Wildman–Crippen LogP) is 5.02. The smallest absolute Gasteiger partial charge is 0.744 e. The number of hydrogen-bond acceptors (Lipinski definition) is 3. The number of benzene rings is 1. The Bertz CT molecular complexity index is 686. The molecule has 1 rings (SSSR count). The van der Waals surface area contributed by atoms with E-state index < -0.39 is 10.1 Å². The molecule has 0 radical (unpaired) electrons. The molecular weight excluding hydrogens is 415 g/mol. The molecule has 0 saturated carbocycles. The minimum atomic E-state index is -4.37. The third-order valence-corrected chi connectivity index (χ3v) is 7.40. The van der Waals surface area contributed by atoms with Crippen molar-refractivity contribution >= 4 is 10.1 Å². The molecule has 0 heterocycles. The van der Waals surface area contributed by atoms with E-state index in [1.54, 1.807) is 6.92 Å². The predicted molar refractivity (Wildman–Crippen MR) is 127 cm³/mol. The van der Waals surface area contributed by atoms with Crippen LogP contribution in [0.4, 0.5) is 0 Å². The molecule has 0 fully saturated rings. The van der Waals surface area contributed by atoms with E-state index >= 15 is 0 Å². The maximum atomic E-state index is 11.3. The molecule has 0 aliphatic carbocycles. The van der Waals surface area contributed by atoms with Crippen molar-refractivity contribution in [3.05, 3.63) is 28.8 Å². The maximum absolute atomic E-state index is 11.3. The van der Waals surface area contributed by atoms with Gasteiger partial charge in [0.25, 0.3) is 0 Å². The first-order valence-corrected chi connectivity index (χ1v) is 13.8. The Labute approximate surface area is 215 Å². The van der Waals surface area contributed by atoms with Gasteiger partial charge in [-0.3, -0.25) is 0 Å². The Hall–Kier alpha value is 0.130. The molecule has 0 saturated heterocycles. The second kappa shape index (κ2) is 18.5. The van der Waals surface area contributed by atoms with Crippen molar-refractivity contribution in [2.75, 3.05) is 0 Å². The number of aryl methyl sites for hydroxylation is 1. The van der Waals surface area contributed by atoms with Crippen LogP contribution in [0, 0.1) is 13.8 Å². The Morgan fingerprint density at radius 3 is 1.42 bits per heavy atom. The summed E-state index contributed by atoms with van der Waals surface area (Å²) in [6.07, 6.45) is 22.7. The first kappa shape index (κ1) is 31.1. The fraction of sp³-hybridized carbons (Fsp3) is 0.769. The van der Waals surface area contributed by atoms with E-state index in [0.717, 1.165) is 18.4 Å². The van der Waals surface area contributed by atoms with Gasteiger partial charge >= 0.3 is 29.6 Å². The topological polar surface area (TPSA) is 57.2 Å². The Morgan fingerprint density at radius 1 is 0.645 bits per heavy atom. The van der Waals surface area contributed by atoms with Crippen LogP contribution in [0.15, 0.2) is 17.0 Å². The molecule has 0 unspecified atom stereocenters. The minimum absolute atomic E-state index is 0. The molecule has 1 aromatic rings. The van der Waals surface area contributed by atoms with Crippen LogP contribution in [0.5, 0.6) is 0 Å². The molecule has 0 aromatic heterocycles. The standard InChI is InChI=1S/C26H46O3S.Na/c1-4-5-6-7-8-9-10-11-12-13-14-15-16-17-18-19-20-25-21-22-26(30(27,28)29)24(3)23(25)2;/h21-22H,4-20H2,1-3H3,(H,27,28,29);/q;+1/p-1. The van der Waals surface area contributed by atoms with E-state index in [4.69, 9.17) is 0 Å². The fourth-order valence-electron chi connectivity index (χ4n) is 4.26. The molecule has 5 heteroatoms. The molecule has 0 atom stereocenters. The second-order valence-corrected chi connectivity index (χ2v) is 10.3. The Balaban J connectivity index is 0.00000900. The first-order valence-electron chi connectivity index (χ1n) is 12.4. The first-order chi connectivity index (χ1) is 14.4. The van der Waals surface area contributed by atoms with E-state index in [9.17, 15) is 13.0 Å². The molecule has 0 amide bonds. The van der Waals surface area contributed by atoms with E-state index in [-0.39, 0.29) is 34.5 Å². The van der Waals surface area contributed by atoms with Gasteiger partial charge in [-0.05, 0) is 49.4 Å². The quantitative estimate of drug-likeness (QED) is 0.176. The van der Waals surface area contributed by atoms with Gasteiger partial charge in [0, 0.05) is 0 Å². The number of hydrogen-bond donors (Lipinski definition) is 0. The molecule has 0 N–H and O–H groups in total. The summed E-state index contributed by atoms with van der Waals surface area (Å²) in [5.41, 5.74) is 2.73. The maximum Gasteiger partial charge on any atom is 1.00 e. The third-order valence-electron chi connectivity index (χ3n) is 6.42. The van der Waals surface area contributed by atoms with Gasteiger partial charge < -0.3 is 4.55 Å². The van der Waals surface area contributed by atoms with Gasteiger partial charge in [0.2, 0.25) is 0 Å². The average molecular weight is 461 g/mol. The van der Waals surface area contributed by atoms with Crippen molar-refractivity contribution in [2.45, 2.75) is 135 Å². The summed E-state index contributed by atoms with van der Waals surface area (Å²) in [5, 5.41) is 0. The van der Waals surface area contributed by atoms with E-state index in [2.05, 4.69) is 6.92 Å². The second-order valence-electron chi connectivity index (χ2n) is 8.98. The average Bonchev–Trinajstić information content (AvgIpc) is 2.69. The summed E-state index contributed by atoms with van der Waals surface area (Å²) in [6, 6.07) is 3.30. The molecule has 0 aliphatic heterocycles. The van der Waals surface area contributed by atoms with E-state index in [0.29, 0.717) is 5.56 Å². The summed E-state index contributed by atoms with van der Waals surface area (Å²) in [6.45, 7) is 5.93. The van der Waals surface area contributed by atoms with Crippen molar-refractivity contribution in [3.63, 3.8) is 0 Å². The summed E-state index contributed by atoms with van der Waals surface area (Å²) in [7, 11) is -4.37. The fourth-order valence-corrected chi connectivity index (χ4v) is 5.02. The molecule has 31 heavy (non-hydrogen) atoms. The van der Waals surface area contributed by atoms with Crippen LogP contribution in [-0.2, 0) is 16.5 Å². The van der Waals surface area contributed by atoms with Crippen LogP contribution in [0.1, 0.15) is 126 Å². The Morgan fingerprint density at radius 2 is 1.03 bits per heavy atom.